The zero-order valence-electron chi connectivity index (χ0n) is 17.1. The summed E-state index contributed by atoms with van der Waals surface area (Å²) < 4.78 is 0. The molecule has 1 heteroatoms. The van der Waals surface area contributed by atoms with Crippen molar-refractivity contribution >= 4 is 17.9 Å². The third-order valence-corrected chi connectivity index (χ3v) is 5.62. The molecule has 0 saturated heterocycles. The predicted molar refractivity (Wildman–Crippen MR) is 122 cm³/mol. The minimum absolute atomic E-state index is 0.179. The van der Waals surface area contributed by atoms with E-state index in [1.807, 2.05) is 6.07 Å². The lowest BCUT2D eigenvalue weighted by molar-refractivity contribution is -0.113. The van der Waals surface area contributed by atoms with Gasteiger partial charge in [-0.3, -0.25) is 4.79 Å². The molecule has 3 aromatic rings. The molecule has 0 spiro atoms. The molecule has 4 rings (SSSR count). The zero-order chi connectivity index (χ0) is 20.2. The van der Waals surface area contributed by atoms with Gasteiger partial charge in [0, 0.05) is 11.1 Å². The van der Waals surface area contributed by atoms with Gasteiger partial charge in [-0.1, -0.05) is 90.0 Å². The maximum atomic E-state index is 13.3. The Hall–Kier alpha value is -3.19. The normalized spacial score (nSPS) is 19.7. The van der Waals surface area contributed by atoms with Gasteiger partial charge in [0.15, 0.2) is 5.78 Å². The number of carbonyl (C=O) groups excluding carboxylic acids is 1. The average molecular weight is 379 g/mol. The second-order valence-electron chi connectivity index (χ2n) is 8.01. The second kappa shape index (κ2) is 8.45. The van der Waals surface area contributed by atoms with Gasteiger partial charge in [0.2, 0.25) is 0 Å². The van der Waals surface area contributed by atoms with Crippen molar-refractivity contribution in [3.63, 3.8) is 0 Å². The Labute approximate surface area is 173 Å². The van der Waals surface area contributed by atoms with Gasteiger partial charge in [-0.05, 0) is 61.4 Å². The van der Waals surface area contributed by atoms with Crippen molar-refractivity contribution < 1.29 is 4.79 Å². The highest BCUT2D eigenvalue weighted by molar-refractivity contribution is 6.14. The largest absolute Gasteiger partial charge is 0.289 e. The highest BCUT2D eigenvalue weighted by Gasteiger charge is 2.28. The third kappa shape index (κ3) is 4.63. The number of carbonyl (C=O) groups is 1. The molecule has 0 radical (unpaired) electrons. The van der Waals surface area contributed by atoms with Crippen LogP contribution in [-0.4, -0.2) is 5.78 Å². The van der Waals surface area contributed by atoms with Gasteiger partial charge < -0.3 is 0 Å². The van der Waals surface area contributed by atoms with Crippen LogP contribution in [0.3, 0.4) is 0 Å². The molecule has 0 unspecified atom stereocenters. The van der Waals surface area contributed by atoms with E-state index in [0.29, 0.717) is 5.92 Å². The monoisotopic (exact) mass is 378 g/mol. The summed E-state index contributed by atoms with van der Waals surface area (Å²) in [5.41, 5.74) is 7.71. The number of hydrogen-bond acceptors (Lipinski definition) is 1. The Kier molecular flexibility index (Phi) is 5.57. The van der Waals surface area contributed by atoms with Gasteiger partial charge in [-0.2, -0.15) is 0 Å². The van der Waals surface area contributed by atoms with E-state index in [-0.39, 0.29) is 5.78 Å². The highest BCUT2D eigenvalue weighted by atomic mass is 16.1. The van der Waals surface area contributed by atoms with Gasteiger partial charge in [0.25, 0.3) is 0 Å². The van der Waals surface area contributed by atoms with E-state index in [4.69, 9.17) is 0 Å². The molecule has 0 heterocycles. The van der Waals surface area contributed by atoms with Crippen LogP contribution in [0.15, 0.2) is 90.0 Å². The van der Waals surface area contributed by atoms with Gasteiger partial charge in [-0.25, -0.2) is 0 Å². The first-order chi connectivity index (χ1) is 14.1. The van der Waals surface area contributed by atoms with Crippen LogP contribution in [0, 0.1) is 13.8 Å². The van der Waals surface area contributed by atoms with Crippen LogP contribution in [0.5, 0.6) is 0 Å². The van der Waals surface area contributed by atoms with Crippen LogP contribution in [0.4, 0.5) is 0 Å². The van der Waals surface area contributed by atoms with Gasteiger partial charge in [-0.15, -0.1) is 0 Å². The van der Waals surface area contributed by atoms with E-state index in [0.717, 1.165) is 35.1 Å². The molecule has 1 fully saturated rings. The van der Waals surface area contributed by atoms with Crippen molar-refractivity contribution in [2.24, 2.45) is 0 Å². The summed E-state index contributed by atoms with van der Waals surface area (Å²) in [6.07, 6.45) is 5.70. The molecule has 0 bridgehead atoms. The number of rotatable bonds is 3. The molecular weight excluding hydrogens is 352 g/mol. The standard InChI is InChI=1S/C28H26O/c1-20-8-12-22(13-9-20)16-26-18-25(24-6-4-3-5-7-24)19-27(28(26)29)17-23-14-10-21(2)11-15-23/h3-17,25H,18-19H2,1-2H3/b26-16+,27-17+. The summed E-state index contributed by atoms with van der Waals surface area (Å²) in [5.74, 6) is 0.501. The van der Waals surface area contributed by atoms with E-state index < -0.39 is 0 Å². The maximum Gasteiger partial charge on any atom is 0.185 e. The molecule has 3 aromatic carbocycles. The summed E-state index contributed by atoms with van der Waals surface area (Å²) in [5, 5.41) is 0. The summed E-state index contributed by atoms with van der Waals surface area (Å²) in [4.78, 5) is 13.3. The summed E-state index contributed by atoms with van der Waals surface area (Å²) in [6.45, 7) is 4.16. The fourth-order valence-electron chi connectivity index (χ4n) is 3.93. The number of allylic oxidation sites excluding steroid dienone is 2. The first kappa shape index (κ1) is 19.1. The molecule has 0 N–H and O–H groups in total. The Balaban J connectivity index is 1.73. The molecule has 1 aliphatic carbocycles. The number of aryl methyl sites for hydroxylation is 2. The van der Waals surface area contributed by atoms with E-state index in [9.17, 15) is 4.79 Å². The molecule has 0 atom stereocenters. The molecule has 1 aliphatic rings. The summed E-state index contributed by atoms with van der Waals surface area (Å²) >= 11 is 0. The highest BCUT2D eigenvalue weighted by Crippen LogP contribution is 2.38. The van der Waals surface area contributed by atoms with E-state index >= 15 is 0 Å². The Morgan fingerprint density at radius 3 is 1.55 bits per heavy atom. The van der Waals surface area contributed by atoms with Gasteiger partial charge in [0.05, 0.1) is 0 Å². The number of ketones is 1. The van der Waals surface area contributed by atoms with Crippen LogP contribution in [-0.2, 0) is 4.79 Å². The van der Waals surface area contributed by atoms with E-state index in [1.54, 1.807) is 0 Å². The van der Waals surface area contributed by atoms with Crippen LogP contribution in [0.1, 0.15) is 46.6 Å². The molecule has 1 nitrogen and oxygen atoms in total. The molecule has 0 amide bonds. The number of benzene rings is 3. The lowest BCUT2D eigenvalue weighted by Gasteiger charge is -2.26. The zero-order valence-corrected chi connectivity index (χ0v) is 17.1. The Morgan fingerprint density at radius 1 is 0.655 bits per heavy atom. The smallest absolute Gasteiger partial charge is 0.185 e. The molecular formula is C28H26O. The van der Waals surface area contributed by atoms with Crippen molar-refractivity contribution in [3.8, 4) is 0 Å². The number of hydrogen-bond donors (Lipinski definition) is 0. The third-order valence-electron chi connectivity index (χ3n) is 5.62. The topological polar surface area (TPSA) is 17.1 Å². The van der Waals surface area contributed by atoms with Gasteiger partial charge >= 0.3 is 0 Å². The predicted octanol–water partition coefficient (Wildman–Crippen LogP) is 6.92. The maximum absolute atomic E-state index is 13.3. The first-order valence-corrected chi connectivity index (χ1v) is 10.2. The first-order valence-electron chi connectivity index (χ1n) is 10.2. The van der Waals surface area contributed by atoms with E-state index in [1.165, 1.54) is 16.7 Å². The Morgan fingerprint density at radius 2 is 1.10 bits per heavy atom. The fourth-order valence-corrected chi connectivity index (χ4v) is 3.93. The summed E-state index contributed by atoms with van der Waals surface area (Å²) in [7, 11) is 0. The Bertz CT molecular complexity index is 984. The molecule has 0 aromatic heterocycles. The van der Waals surface area contributed by atoms with Crippen molar-refractivity contribution in [2.45, 2.75) is 32.6 Å². The number of Topliss-reactive ketones (excluding diaryl/α,β-unsaturated/α-hetero) is 1. The fraction of sp³-hybridized carbons (Fsp3) is 0.179. The SMILES string of the molecule is Cc1ccc(/C=C2\CC(c3ccccc3)C/C(=C\c3ccc(C)cc3)C2=O)cc1. The van der Waals surface area contributed by atoms with Crippen molar-refractivity contribution in [1.82, 2.24) is 0 Å². The van der Waals surface area contributed by atoms with Crippen LogP contribution in [0.2, 0.25) is 0 Å². The second-order valence-corrected chi connectivity index (χ2v) is 8.01. The molecule has 144 valence electrons. The minimum atomic E-state index is 0.179. The van der Waals surface area contributed by atoms with Crippen LogP contribution in [0.25, 0.3) is 12.2 Å². The van der Waals surface area contributed by atoms with Gasteiger partial charge in [0.1, 0.15) is 0 Å². The summed E-state index contributed by atoms with van der Waals surface area (Å²) in [6, 6.07) is 27.3. The minimum Gasteiger partial charge on any atom is -0.289 e. The van der Waals surface area contributed by atoms with Crippen molar-refractivity contribution in [2.75, 3.05) is 0 Å². The molecule has 0 aliphatic heterocycles. The van der Waals surface area contributed by atoms with Crippen molar-refractivity contribution in [3.05, 3.63) is 118 Å². The molecule has 29 heavy (non-hydrogen) atoms. The quantitative estimate of drug-likeness (QED) is 0.452. The van der Waals surface area contributed by atoms with Crippen LogP contribution < -0.4 is 0 Å². The lowest BCUT2D eigenvalue weighted by Crippen LogP contribution is -2.19. The average Bonchev–Trinajstić information content (AvgIpc) is 2.74. The van der Waals surface area contributed by atoms with Crippen molar-refractivity contribution in [1.29, 1.82) is 0 Å². The van der Waals surface area contributed by atoms with E-state index in [2.05, 4.69) is 98.8 Å². The molecule has 1 saturated carbocycles. The lowest BCUT2D eigenvalue weighted by atomic mass is 9.76. The van der Waals surface area contributed by atoms with Crippen LogP contribution >= 0.6 is 0 Å².